The molecule has 0 unspecified atom stereocenters. The molecule has 0 aromatic carbocycles. The lowest BCUT2D eigenvalue weighted by Crippen LogP contribution is -2.35. The van der Waals surface area contributed by atoms with Gasteiger partial charge in [-0.15, -0.1) is 0 Å². The van der Waals surface area contributed by atoms with Crippen molar-refractivity contribution in [3.63, 3.8) is 0 Å². The minimum Gasteiger partial charge on any atom is -0.381 e. The number of nitrogens with one attached hydrogen (secondary N) is 1. The van der Waals surface area contributed by atoms with Gasteiger partial charge in [0.05, 0.1) is 6.04 Å². The van der Waals surface area contributed by atoms with Gasteiger partial charge < -0.3 is 14.6 Å². The predicted octanol–water partition coefficient (Wildman–Crippen LogP) is 2.79. The zero-order valence-electron chi connectivity index (χ0n) is 12.8. The minimum absolute atomic E-state index is 0.168. The third kappa shape index (κ3) is 3.92. The maximum atomic E-state index is 5.48. The molecule has 0 saturated carbocycles. The van der Waals surface area contributed by atoms with Gasteiger partial charge in [-0.3, -0.25) is 0 Å². The first kappa shape index (κ1) is 14.7. The number of rotatable bonds is 5. The van der Waals surface area contributed by atoms with E-state index in [-0.39, 0.29) is 6.04 Å². The molecular weight excluding hydrogens is 266 g/mol. The summed E-state index contributed by atoms with van der Waals surface area (Å²) in [6.07, 6.45) is 10.4. The maximum absolute atomic E-state index is 5.48. The highest BCUT2D eigenvalue weighted by Gasteiger charge is 2.30. The summed E-state index contributed by atoms with van der Waals surface area (Å²) in [4.78, 5) is 4.45. The summed E-state index contributed by atoms with van der Waals surface area (Å²) in [7, 11) is 0. The van der Waals surface area contributed by atoms with E-state index in [1.807, 2.05) is 6.92 Å². The van der Waals surface area contributed by atoms with Crippen molar-refractivity contribution in [3.8, 4) is 0 Å². The van der Waals surface area contributed by atoms with Gasteiger partial charge in [0, 0.05) is 13.2 Å². The van der Waals surface area contributed by atoms with Crippen LogP contribution in [0.3, 0.4) is 0 Å². The molecule has 1 N–H and O–H groups in total. The molecular formula is C16H25N3O2. The molecule has 1 saturated heterocycles. The minimum atomic E-state index is 0.168. The number of aromatic nitrogens is 2. The second-order valence-corrected chi connectivity index (χ2v) is 6.17. The Morgan fingerprint density at radius 2 is 2.14 bits per heavy atom. The Kier molecular flexibility index (Phi) is 5.04. The van der Waals surface area contributed by atoms with Crippen LogP contribution in [0, 0.1) is 18.8 Å². The van der Waals surface area contributed by atoms with E-state index < -0.39 is 0 Å². The van der Waals surface area contributed by atoms with Gasteiger partial charge in [-0.2, -0.15) is 4.98 Å². The van der Waals surface area contributed by atoms with Gasteiger partial charge in [0.1, 0.15) is 0 Å². The molecule has 1 fully saturated rings. The van der Waals surface area contributed by atoms with Crippen LogP contribution >= 0.6 is 0 Å². The van der Waals surface area contributed by atoms with Crippen LogP contribution in [-0.2, 0) is 4.74 Å². The standard InChI is InChI=1S/C16H25N3O2/c1-12-18-16(21-19-12)15(14-7-9-20-10-8-14)17-11-13-5-3-2-4-6-13/h2-3,13-15,17H,4-11H2,1H3/t13-,15-/m1/s1. The molecule has 116 valence electrons. The Hall–Kier alpha value is -1.20. The second-order valence-electron chi connectivity index (χ2n) is 6.17. The van der Waals surface area contributed by atoms with Crippen molar-refractivity contribution in [1.82, 2.24) is 15.5 Å². The van der Waals surface area contributed by atoms with Crippen LogP contribution in [0.5, 0.6) is 0 Å². The Morgan fingerprint density at radius 1 is 1.29 bits per heavy atom. The molecule has 2 aliphatic rings. The highest BCUT2D eigenvalue weighted by atomic mass is 16.5. The molecule has 0 bridgehead atoms. The van der Waals surface area contributed by atoms with Crippen LogP contribution in [-0.4, -0.2) is 29.9 Å². The zero-order valence-corrected chi connectivity index (χ0v) is 12.8. The molecule has 1 aliphatic carbocycles. The normalized spacial score (nSPS) is 25.1. The summed E-state index contributed by atoms with van der Waals surface area (Å²) in [5.41, 5.74) is 0. The van der Waals surface area contributed by atoms with Crippen LogP contribution in [0.2, 0.25) is 0 Å². The molecule has 0 amide bonds. The summed E-state index contributed by atoms with van der Waals surface area (Å²) >= 11 is 0. The Balaban J connectivity index is 1.64. The van der Waals surface area contributed by atoms with Gasteiger partial charge in [0.25, 0.3) is 0 Å². The summed E-state index contributed by atoms with van der Waals surface area (Å²) in [6.45, 7) is 4.57. The van der Waals surface area contributed by atoms with E-state index in [0.717, 1.165) is 44.4 Å². The van der Waals surface area contributed by atoms with Gasteiger partial charge in [-0.05, 0) is 57.4 Å². The van der Waals surface area contributed by atoms with Crippen molar-refractivity contribution >= 4 is 0 Å². The lowest BCUT2D eigenvalue weighted by atomic mass is 9.89. The quantitative estimate of drug-likeness (QED) is 0.845. The summed E-state index contributed by atoms with van der Waals surface area (Å²) in [5, 5.41) is 7.66. The maximum Gasteiger partial charge on any atom is 0.244 e. The van der Waals surface area contributed by atoms with E-state index in [2.05, 4.69) is 27.6 Å². The average molecular weight is 291 g/mol. The summed E-state index contributed by atoms with van der Waals surface area (Å²) in [5.74, 6) is 2.70. The first-order valence-electron chi connectivity index (χ1n) is 8.09. The van der Waals surface area contributed by atoms with E-state index in [1.54, 1.807) is 0 Å². The number of nitrogens with zero attached hydrogens (tertiary/aromatic N) is 2. The van der Waals surface area contributed by atoms with Gasteiger partial charge in [-0.25, -0.2) is 0 Å². The Labute approximate surface area is 126 Å². The van der Waals surface area contributed by atoms with Crippen LogP contribution < -0.4 is 5.32 Å². The van der Waals surface area contributed by atoms with Crippen molar-refractivity contribution in [3.05, 3.63) is 23.9 Å². The molecule has 0 radical (unpaired) electrons. The first-order chi connectivity index (χ1) is 10.3. The second kappa shape index (κ2) is 7.18. The summed E-state index contributed by atoms with van der Waals surface area (Å²) in [6, 6.07) is 0.168. The molecule has 0 spiro atoms. The molecule has 21 heavy (non-hydrogen) atoms. The van der Waals surface area contributed by atoms with Crippen molar-refractivity contribution in [1.29, 1.82) is 0 Å². The van der Waals surface area contributed by atoms with E-state index in [1.165, 1.54) is 19.3 Å². The Bertz CT molecular complexity index is 466. The fraction of sp³-hybridized carbons (Fsp3) is 0.750. The zero-order chi connectivity index (χ0) is 14.5. The molecule has 1 aromatic rings. The van der Waals surface area contributed by atoms with Gasteiger partial charge >= 0.3 is 0 Å². The SMILES string of the molecule is Cc1noc([C@H](NC[C@@H]2CC=CCC2)C2CCOCC2)n1. The van der Waals surface area contributed by atoms with Crippen molar-refractivity contribution in [2.24, 2.45) is 11.8 Å². The van der Waals surface area contributed by atoms with Crippen molar-refractivity contribution < 1.29 is 9.26 Å². The van der Waals surface area contributed by atoms with Gasteiger partial charge in [0.15, 0.2) is 5.82 Å². The predicted molar refractivity (Wildman–Crippen MR) is 79.8 cm³/mol. The largest absolute Gasteiger partial charge is 0.381 e. The summed E-state index contributed by atoms with van der Waals surface area (Å²) < 4.78 is 10.9. The first-order valence-corrected chi connectivity index (χ1v) is 8.09. The fourth-order valence-corrected chi connectivity index (χ4v) is 3.28. The molecule has 2 heterocycles. The number of hydrogen-bond acceptors (Lipinski definition) is 5. The lowest BCUT2D eigenvalue weighted by molar-refractivity contribution is 0.0481. The number of allylic oxidation sites excluding steroid dienone is 2. The molecule has 3 rings (SSSR count). The van der Waals surface area contributed by atoms with Gasteiger partial charge in [0.2, 0.25) is 5.89 Å². The van der Waals surface area contributed by atoms with E-state index >= 15 is 0 Å². The van der Waals surface area contributed by atoms with Crippen molar-refractivity contribution in [2.75, 3.05) is 19.8 Å². The van der Waals surface area contributed by atoms with Crippen LogP contribution in [0.1, 0.15) is 49.9 Å². The monoisotopic (exact) mass is 291 g/mol. The van der Waals surface area contributed by atoms with E-state index in [4.69, 9.17) is 9.26 Å². The number of aryl methyl sites for hydroxylation is 1. The molecule has 5 nitrogen and oxygen atoms in total. The highest BCUT2D eigenvalue weighted by Crippen LogP contribution is 2.30. The van der Waals surface area contributed by atoms with Crippen LogP contribution in [0.25, 0.3) is 0 Å². The third-order valence-corrected chi connectivity index (χ3v) is 4.55. The third-order valence-electron chi connectivity index (χ3n) is 4.55. The smallest absolute Gasteiger partial charge is 0.244 e. The average Bonchev–Trinajstić information content (AvgIpc) is 2.96. The molecule has 1 aliphatic heterocycles. The van der Waals surface area contributed by atoms with Crippen LogP contribution in [0.4, 0.5) is 0 Å². The van der Waals surface area contributed by atoms with Crippen LogP contribution in [0.15, 0.2) is 16.7 Å². The molecule has 5 heteroatoms. The number of ether oxygens (including phenoxy) is 1. The van der Waals surface area contributed by atoms with Gasteiger partial charge in [-0.1, -0.05) is 17.3 Å². The van der Waals surface area contributed by atoms with E-state index in [0.29, 0.717) is 11.7 Å². The lowest BCUT2D eigenvalue weighted by Gasteiger charge is -2.30. The number of hydrogen-bond donors (Lipinski definition) is 1. The Morgan fingerprint density at radius 3 is 2.81 bits per heavy atom. The fourth-order valence-electron chi connectivity index (χ4n) is 3.28. The van der Waals surface area contributed by atoms with Crippen molar-refractivity contribution in [2.45, 2.75) is 45.1 Å². The molecule has 2 atom stereocenters. The topological polar surface area (TPSA) is 60.2 Å². The van der Waals surface area contributed by atoms with E-state index in [9.17, 15) is 0 Å². The highest BCUT2D eigenvalue weighted by molar-refractivity contribution is 4.97. The molecule has 1 aromatic heterocycles.